The Hall–Kier alpha value is -1.36. The zero-order chi connectivity index (χ0) is 12.2. The molecule has 1 unspecified atom stereocenters. The Labute approximate surface area is 95.8 Å². The van der Waals surface area contributed by atoms with Crippen molar-refractivity contribution in [1.82, 2.24) is 15.1 Å². The number of carbonyl (C=O) groups excluding carboxylic acids is 1. The van der Waals surface area contributed by atoms with Crippen molar-refractivity contribution in [3.8, 4) is 0 Å². The molecule has 0 saturated carbocycles. The van der Waals surface area contributed by atoms with Crippen LogP contribution < -0.4 is 5.32 Å². The van der Waals surface area contributed by atoms with E-state index >= 15 is 0 Å². The summed E-state index contributed by atoms with van der Waals surface area (Å²) in [5.41, 5.74) is -0.755. The first-order valence-corrected chi connectivity index (χ1v) is 5.31. The lowest BCUT2D eigenvalue weighted by Gasteiger charge is -2.30. The number of aromatic nitrogens is 2. The van der Waals surface area contributed by atoms with Crippen molar-refractivity contribution in [2.45, 2.75) is 38.9 Å². The molecule has 0 spiro atoms. The molecule has 0 aliphatic carbocycles. The van der Waals surface area contributed by atoms with Crippen LogP contribution in [-0.4, -0.2) is 34.4 Å². The third kappa shape index (κ3) is 3.06. The number of rotatable bonds is 5. The highest BCUT2D eigenvalue weighted by atomic mass is 16.5. The van der Waals surface area contributed by atoms with Crippen LogP contribution in [0.2, 0.25) is 0 Å². The second-order valence-electron chi connectivity index (χ2n) is 4.33. The first-order valence-electron chi connectivity index (χ1n) is 5.31. The van der Waals surface area contributed by atoms with Gasteiger partial charge in [0.1, 0.15) is 5.54 Å². The highest BCUT2D eigenvalue weighted by Crippen LogP contribution is 2.11. The summed E-state index contributed by atoms with van der Waals surface area (Å²) in [7, 11) is 1.39. The number of hydrogen-bond acceptors (Lipinski definition) is 4. The Balaban J connectivity index is 2.82. The van der Waals surface area contributed by atoms with Crippen LogP contribution in [0.15, 0.2) is 18.5 Å². The van der Waals surface area contributed by atoms with E-state index in [1.165, 1.54) is 7.11 Å². The smallest absolute Gasteiger partial charge is 0.327 e. The van der Waals surface area contributed by atoms with Crippen molar-refractivity contribution < 1.29 is 9.53 Å². The lowest BCUT2D eigenvalue weighted by atomic mass is 10.0. The van der Waals surface area contributed by atoms with Crippen LogP contribution in [0.4, 0.5) is 0 Å². The van der Waals surface area contributed by atoms with E-state index in [0.717, 1.165) is 0 Å². The lowest BCUT2D eigenvalue weighted by Crippen LogP contribution is -2.55. The first-order chi connectivity index (χ1) is 7.48. The predicted octanol–water partition coefficient (Wildman–Crippen LogP) is 0.813. The van der Waals surface area contributed by atoms with Crippen molar-refractivity contribution in [2.75, 3.05) is 7.11 Å². The molecule has 5 heteroatoms. The molecule has 1 rings (SSSR count). The first kappa shape index (κ1) is 12.7. The van der Waals surface area contributed by atoms with Crippen molar-refractivity contribution in [3.05, 3.63) is 18.5 Å². The molecule has 1 aromatic rings. The van der Waals surface area contributed by atoms with Gasteiger partial charge in [-0.3, -0.25) is 10.00 Å². The normalized spacial score (nSPS) is 14.8. The number of methoxy groups -OCH3 is 1. The topological polar surface area (TPSA) is 56.2 Å². The molecule has 1 atom stereocenters. The summed E-state index contributed by atoms with van der Waals surface area (Å²) >= 11 is 0. The SMILES string of the molecule is COC(=O)C(C)(Cn1cccn1)NC(C)C. The van der Waals surface area contributed by atoms with Gasteiger partial charge in [-0.25, -0.2) is 4.79 Å². The molecular formula is C11H19N3O2. The Morgan fingerprint density at radius 3 is 2.75 bits per heavy atom. The van der Waals surface area contributed by atoms with Gasteiger partial charge in [0.2, 0.25) is 0 Å². The molecule has 1 heterocycles. The van der Waals surface area contributed by atoms with E-state index in [2.05, 4.69) is 10.4 Å². The van der Waals surface area contributed by atoms with Gasteiger partial charge in [-0.2, -0.15) is 5.10 Å². The Morgan fingerprint density at radius 1 is 1.62 bits per heavy atom. The third-order valence-electron chi connectivity index (χ3n) is 2.28. The van der Waals surface area contributed by atoms with Gasteiger partial charge >= 0.3 is 5.97 Å². The van der Waals surface area contributed by atoms with E-state index in [4.69, 9.17) is 4.74 Å². The molecule has 16 heavy (non-hydrogen) atoms. The maximum atomic E-state index is 11.8. The minimum absolute atomic E-state index is 0.194. The van der Waals surface area contributed by atoms with Gasteiger partial charge in [0.25, 0.3) is 0 Å². The quantitative estimate of drug-likeness (QED) is 0.753. The number of nitrogens with one attached hydrogen (secondary N) is 1. The van der Waals surface area contributed by atoms with E-state index in [0.29, 0.717) is 6.54 Å². The third-order valence-corrected chi connectivity index (χ3v) is 2.28. The predicted molar refractivity (Wildman–Crippen MR) is 60.9 cm³/mol. The fourth-order valence-corrected chi connectivity index (χ4v) is 1.75. The van der Waals surface area contributed by atoms with Crippen LogP contribution in [0.5, 0.6) is 0 Å². The zero-order valence-electron chi connectivity index (χ0n) is 10.2. The van der Waals surface area contributed by atoms with Crippen molar-refractivity contribution in [1.29, 1.82) is 0 Å². The van der Waals surface area contributed by atoms with Crippen molar-refractivity contribution in [3.63, 3.8) is 0 Å². The van der Waals surface area contributed by atoms with E-state index in [9.17, 15) is 4.79 Å². The van der Waals surface area contributed by atoms with Crippen LogP contribution in [0, 0.1) is 0 Å². The van der Waals surface area contributed by atoms with Gasteiger partial charge in [-0.05, 0) is 26.8 Å². The molecule has 0 saturated heterocycles. The molecular weight excluding hydrogens is 206 g/mol. The molecule has 0 aliphatic heterocycles. The van der Waals surface area contributed by atoms with E-state index in [1.54, 1.807) is 10.9 Å². The van der Waals surface area contributed by atoms with Crippen LogP contribution >= 0.6 is 0 Å². The van der Waals surface area contributed by atoms with Gasteiger partial charge < -0.3 is 4.74 Å². The number of hydrogen-bond donors (Lipinski definition) is 1. The van der Waals surface area contributed by atoms with Crippen molar-refractivity contribution >= 4 is 5.97 Å². The number of ether oxygens (including phenoxy) is 1. The molecule has 0 bridgehead atoms. The highest BCUT2D eigenvalue weighted by Gasteiger charge is 2.35. The lowest BCUT2D eigenvalue weighted by molar-refractivity contribution is -0.149. The van der Waals surface area contributed by atoms with Crippen molar-refractivity contribution in [2.24, 2.45) is 0 Å². The van der Waals surface area contributed by atoms with Gasteiger partial charge in [-0.1, -0.05) is 0 Å². The summed E-state index contributed by atoms with van der Waals surface area (Å²) in [6.07, 6.45) is 3.51. The summed E-state index contributed by atoms with van der Waals surface area (Å²) in [6.45, 7) is 6.25. The van der Waals surface area contributed by atoms with Gasteiger partial charge in [0.05, 0.1) is 13.7 Å². The van der Waals surface area contributed by atoms with Crippen LogP contribution in [0.1, 0.15) is 20.8 Å². The molecule has 0 fully saturated rings. The highest BCUT2D eigenvalue weighted by molar-refractivity contribution is 5.80. The fourth-order valence-electron chi connectivity index (χ4n) is 1.75. The van der Waals surface area contributed by atoms with Gasteiger partial charge in [0.15, 0.2) is 0 Å². The number of nitrogens with zero attached hydrogens (tertiary/aromatic N) is 2. The average Bonchev–Trinajstić information content (AvgIpc) is 2.67. The Bertz CT molecular complexity index is 335. The standard InChI is InChI=1S/C11H19N3O2/c1-9(2)13-11(3,10(15)16-4)8-14-7-5-6-12-14/h5-7,9,13H,8H2,1-4H3. The van der Waals surface area contributed by atoms with Gasteiger partial charge in [-0.15, -0.1) is 0 Å². The minimum Gasteiger partial charge on any atom is -0.468 e. The Kier molecular flexibility index (Phi) is 4.06. The average molecular weight is 225 g/mol. The monoisotopic (exact) mass is 225 g/mol. The van der Waals surface area contributed by atoms with E-state index < -0.39 is 5.54 Å². The molecule has 90 valence electrons. The molecule has 0 aliphatic rings. The molecule has 5 nitrogen and oxygen atoms in total. The second-order valence-corrected chi connectivity index (χ2v) is 4.33. The maximum Gasteiger partial charge on any atom is 0.327 e. The minimum atomic E-state index is -0.755. The second kappa shape index (κ2) is 5.12. The molecule has 0 aromatic carbocycles. The fraction of sp³-hybridized carbons (Fsp3) is 0.636. The molecule has 0 amide bonds. The molecule has 0 radical (unpaired) electrons. The largest absolute Gasteiger partial charge is 0.468 e. The van der Waals surface area contributed by atoms with Gasteiger partial charge in [0, 0.05) is 18.4 Å². The summed E-state index contributed by atoms with van der Waals surface area (Å²) < 4.78 is 6.54. The maximum absolute atomic E-state index is 11.8. The van der Waals surface area contributed by atoms with Crippen LogP contribution in [-0.2, 0) is 16.1 Å². The zero-order valence-corrected chi connectivity index (χ0v) is 10.2. The molecule has 1 aromatic heterocycles. The summed E-state index contributed by atoms with van der Waals surface area (Å²) in [5.74, 6) is -0.281. The summed E-state index contributed by atoms with van der Waals surface area (Å²) in [6, 6.07) is 2.02. The molecule has 1 N–H and O–H groups in total. The summed E-state index contributed by atoms with van der Waals surface area (Å²) in [5, 5.41) is 7.30. The number of carbonyl (C=O) groups is 1. The summed E-state index contributed by atoms with van der Waals surface area (Å²) in [4.78, 5) is 11.8. The van der Waals surface area contributed by atoms with Crippen LogP contribution in [0.3, 0.4) is 0 Å². The van der Waals surface area contributed by atoms with E-state index in [1.807, 2.05) is 33.0 Å². The number of esters is 1. The Morgan fingerprint density at radius 2 is 2.31 bits per heavy atom. The van der Waals surface area contributed by atoms with Crippen LogP contribution in [0.25, 0.3) is 0 Å². The van der Waals surface area contributed by atoms with E-state index in [-0.39, 0.29) is 12.0 Å².